The molecular formula is C8H16N2O. The van der Waals surface area contributed by atoms with Gasteiger partial charge in [0, 0.05) is 12.5 Å². The first-order valence-electron chi connectivity index (χ1n) is 4.12. The minimum atomic E-state index is 0.603. The highest BCUT2D eigenvalue weighted by atomic mass is 16.4. The lowest BCUT2D eigenvalue weighted by Crippen LogP contribution is -2.26. The number of hydrogen-bond acceptors (Lipinski definition) is 3. The molecule has 0 radical (unpaired) electrons. The van der Waals surface area contributed by atoms with Crippen LogP contribution in [0.4, 0.5) is 0 Å². The zero-order valence-corrected chi connectivity index (χ0v) is 7.25. The monoisotopic (exact) mass is 156 g/mol. The Labute approximate surface area is 67.7 Å². The first-order valence-corrected chi connectivity index (χ1v) is 4.12. The first kappa shape index (κ1) is 8.53. The van der Waals surface area contributed by atoms with Crippen LogP contribution in [0.25, 0.3) is 0 Å². The van der Waals surface area contributed by atoms with Crippen LogP contribution in [0.15, 0.2) is 5.16 Å². The van der Waals surface area contributed by atoms with E-state index < -0.39 is 0 Å². The van der Waals surface area contributed by atoms with Gasteiger partial charge < -0.3 is 10.1 Å². The van der Waals surface area contributed by atoms with Crippen LogP contribution >= 0.6 is 0 Å². The minimum absolute atomic E-state index is 0.603. The molecule has 1 N–H and O–H groups in total. The van der Waals surface area contributed by atoms with E-state index in [1.165, 1.54) is 19.4 Å². The third-order valence-corrected chi connectivity index (χ3v) is 2.37. The molecule has 0 aromatic rings. The quantitative estimate of drug-likeness (QED) is 0.372. The highest BCUT2D eigenvalue weighted by Gasteiger charge is 2.20. The Morgan fingerprint density at radius 2 is 2.45 bits per heavy atom. The summed E-state index contributed by atoms with van der Waals surface area (Å²) < 4.78 is 0. The number of oxime groups is 1. The molecule has 1 aliphatic heterocycles. The van der Waals surface area contributed by atoms with Crippen LogP contribution in [0.2, 0.25) is 0 Å². The van der Waals surface area contributed by atoms with Gasteiger partial charge in [-0.15, -0.1) is 0 Å². The lowest BCUT2D eigenvalue weighted by Gasteiger charge is -2.18. The van der Waals surface area contributed by atoms with Crippen LogP contribution in [0.1, 0.15) is 26.2 Å². The van der Waals surface area contributed by atoms with Gasteiger partial charge in [-0.05, 0) is 33.4 Å². The van der Waals surface area contributed by atoms with E-state index in [-0.39, 0.29) is 0 Å². The zero-order chi connectivity index (χ0) is 8.27. The van der Waals surface area contributed by atoms with Crippen LogP contribution in [0.3, 0.4) is 0 Å². The van der Waals surface area contributed by atoms with Crippen LogP contribution < -0.4 is 0 Å². The van der Waals surface area contributed by atoms with Gasteiger partial charge in [0.2, 0.25) is 0 Å². The van der Waals surface area contributed by atoms with E-state index in [2.05, 4.69) is 17.1 Å². The van der Waals surface area contributed by atoms with Gasteiger partial charge in [0.05, 0.1) is 5.71 Å². The highest BCUT2D eigenvalue weighted by Crippen LogP contribution is 2.17. The molecule has 0 unspecified atom stereocenters. The normalized spacial score (nSPS) is 27.8. The van der Waals surface area contributed by atoms with Gasteiger partial charge in [-0.25, -0.2) is 0 Å². The van der Waals surface area contributed by atoms with Crippen LogP contribution in [-0.4, -0.2) is 35.5 Å². The smallest absolute Gasteiger partial charge is 0.0555 e. The molecule has 64 valence electrons. The Balaban J connectivity index is 2.36. The Morgan fingerprint density at radius 3 is 2.91 bits per heavy atom. The summed E-state index contributed by atoms with van der Waals surface area (Å²) in [7, 11) is 2.13. The molecule has 0 amide bonds. The SMILES string of the molecule is CC(C[C@H]1CCCN1C)=NO. The lowest BCUT2D eigenvalue weighted by molar-refractivity contribution is 0.300. The van der Waals surface area contributed by atoms with Crippen LogP contribution in [0, 0.1) is 0 Å². The molecule has 1 saturated heterocycles. The van der Waals surface area contributed by atoms with E-state index in [0.29, 0.717) is 6.04 Å². The second kappa shape index (κ2) is 3.72. The standard InChI is InChI=1S/C8H16N2O/c1-7(9-11)6-8-4-3-5-10(8)2/h8,11H,3-6H2,1-2H3/t8-/m1/s1. The van der Waals surface area contributed by atoms with Crippen molar-refractivity contribution in [1.82, 2.24) is 4.90 Å². The predicted molar refractivity (Wildman–Crippen MR) is 45.2 cm³/mol. The first-order chi connectivity index (χ1) is 5.24. The van der Waals surface area contributed by atoms with Crippen molar-refractivity contribution in [3.05, 3.63) is 0 Å². The van der Waals surface area contributed by atoms with Gasteiger partial charge in [-0.1, -0.05) is 5.16 Å². The number of nitrogens with zero attached hydrogens (tertiary/aromatic N) is 2. The predicted octanol–water partition coefficient (Wildman–Crippen LogP) is 1.32. The Morgan fingerprint density at radius 1 is 1.73 bits per heavy atom. The maximum Gasteiger partial charge on any atom is 0.0555 e. The summed E-state index contributed by atoms with van der Waals surface area (Å²) in [5, 5.41) is 11.6. The second-order valence-electron chi connectivity index (χ2n) is 3.32. The fourth-order valence-corrected chi connectivity index (χ4v) is 1.62. The molecular weight excluding hydrogens is 140 g/mol. The summed E-state index contributed by atoms with van der Waals surface area (Å²) in [6.45, 7) is 3.05. The summed E-state index contributed by atoms with van der Waals surface area (Å²) >= 11 is 0. The minimum Gasteiger partial charge on any atom is -0.411 e. The van der Waals surface area contributed by atoms with Gasteiger partial charge in [-0.3, -0.25) is 0 Å². The second-order valence-corrected chi connectivity index (χ2v) is 3.32. The van der Waals surface area contributed by atoms with Crippen molar-refractivity contribution < 1.29 is 5.21 Å². The number of rotatable bonds is 2. The summed E-state index contributed by atoms with van der Waals surface area (Å²) in [6.07, 6.45) is 3.43. The van der Waals surface area contributed by atoms with Crippen molar-refractivity contribution >= 4 is 5.71 Å². The fourth-order valence-electron chi connectivity index (χ4n) is 1.62. The van der Waals surface area contributed by atoms with Crippen molar-refractivity contribution in [3.8, 4) is 0 Å². The van der Waals surface area contributed by atoms with E-state index in [1.807, 2.05) is 6.92 Å². The van der Waals surface area contributed by atoms with E-state index >= 15 is 0 Å². The largest absolute Gasteiger partial charge is 0.411 e. The molecule has 1 fully saturated rings. The summed E-state index contributed by atoms with van der Waals surface area (Å²) in [4.78, 5) is 2.33. The van der Waals surface area contributed by atoms with Gasteiger partial charge in [0.15, 0.2) is 0 Å². The fraction of sp³-hybridized carbons (Fsp3) is 0.875. The van der Waals surface area contributed by atoms with Crippen molar-refractivity contribution in [3.63, 3.8) is 0 Å². The molecule has 3 heteroatoms. The molecule has 1 atom stereocenters. The third kappa shape index (κ3) is 2.19. The van der Waals surface area contributed by atoms with Crippen molar-refractivity contribution in [2.45, 2.75) is 32.2 Å². The maximum atomic E-state index is 8.45. The molecule has 0 aromatic heterocycles. The third-order valence-electron chi connectivity index (χ3n) is 2.37. The summed E-state index contributed by atoms with van der Waals surface area (Å²) in [5.74, 6) is 0. The molecule has 1 rings (SSSR count). The molecule has 11 heavy (non-hydrogen) atoms. The van der Waals surface area contributed by atoms with E-state index in [0.717, 1.165) is 12.1 Å². The summed E-state index contributed by atoms with van der Waals surface area (Å²) in [5.41, 5.74) is 0.837. The zero-order valence-electron chi connectivity index (χ0n) is 7.25. The Bertz CT molecular complexity index is 156. The van der Waals surface area contributed by atoms with E-state index in [9.17, 15) is 0 Å². The Hall–Kier alpha value is -0.570. The molecule has 0 spiro atoms. The molecule has 1 heterocycles. The average molecular weight is 156 g/mol. The van der Waals surface area contributed by atoms with Crippen molar-refractivity contribution in [2.75, 3.05) is 13.6 Å². The Kier molecular flexibility index (Phi) is 2.88. The van der Waals surface area contributed by atoms with Crippen LogP contribution in [0.5, 0.6) is 0 Å². The van der Waals surface area contributed by atoms with Gasteiger partial charge in [-0.2, -0.15) is 0 Å². The van der Waals surface area contributed by atoms with Crippen molar-refractivity contribution in [2.24, 2.45) is 5.16 Å². The highest BCUT2D eigenvalue weighted by molar-refractivity contribution is 5.81. The lowest BCUT2D eigenvalue weighted by atomic mass is 10.1. The maximum absolute atomic E-state index is 8.45. The molecule has 1 aliphatic rings. The molecule has 0 bridgehead atoms. The molecule has 0 aromatic carbocycles. The van der Waals surface area contributed by atoms with Gasteiger partial charge >= 0.3 is 0 Å². The van der Waals surface area contributed by atoms with Gasteiger partial charge in [0.25, 0.3) is 0 Å². The number of likely N-dealkylation sites (tertiary alicyclic amines) is 1. The summed E-state index contributed by atoms with van der Waals surface area (Å²) in [6, 6.07) is 0.603. The number of hydrogen-bond donors (Lipinski definition) is 1. The molecule has 0 aliphatic carbocycles. The molecule has 3 nitrogen and oxygen atoms in total. The van der Waals surface area contributed by atoms with E-state index in [1.54, 1.807) is 0 Å². The average Bonchev–Trinajstić information content (AvgIpc) is 2.37. The van der Waals surface area contributed by atoms with E-state index in [4.69, 9.17) is 5.21 Å². The van der Waals surface area contributed by atoms with Crippen molar-refractivity contribution in [1.29, 1.82) is 0 Å². The topological polar surface area (TPSA) is 35.8 Å². The van der Waals surface area contributed by atoms with Crippen LogP contribution in [-0.2, 0) is 0 Å². The molecule has 0 saturated carbocycles. The van der Waals surface area contributed by atoms with Gasteiger partial charge in [0.1, 0.15) is 0 Å².